The molecule has 0 atom stereocenters. The van der Waals surface area contributed by atoms with Crippen LogP contribution in [-0.4, -0.2) is 0 Å². The smallest absolute Gasteiger partial charge is 0.0626 e. The number of allylic oxidation sites excluding steroid dienone is 4. The molecule has 0 N–H and O–H groups in total. The van der Waals surface area contributed by atoms with Crippen molar-refractivity contribution in [2.75, 3.05) is 0 Å². The minimum Gasteiger partial charge on any atom is -0.257 e. The molecule has 0 saturated carbocycles. The van der Waals surface area contributed by atoms with Gasteiger partial charge in [-0.2, -0.15) is 0 Å². The molecule has 0 unspecified atom stereocenters. The Kier molecular flexibility index (Phi) is 2.81. The fraction of sp³-hybridized carbons (Fsp3) is 0.333. The molecule has 0 aromatic rings. The first-order chi connectivity index (χ1) is 4.93. The van der Waals surface area contributed by atoms with Gasteiger partial charge in [0.05, 0.1) is 5.70 Å². The molecule has 1 heteroatoms. The van der Waals surface area contributed by atoms with Crippen LogP contribution in [0.2, 0.25) is 0 Å². The third-order valence-corrected chi connectivity index (χ3v) is 1.32. The Morgan fingerprint density at radius 1 is 1.60 bits per heavy atom. The van der Waals surface area contributed by atoms with Crippen molar-refractivity contribution < 1.29 is 0 Å². The Hall–Kier alpha value is -0.980. The van der Waals surface area contributed by atoms with Crippen molar-refractivity contribution in [2.45, 2.75) is 19.8 Å². The molecule has 0 spiro atoms. The molecular weight excluding hydrogens is 122 g/mol. The summed E-state index contributed by atoms with van der Waals surface area (Å²) in [5, 5.41) is 4.10. The zero-order valence-electron chi connectivity index (χ0n) is 6.25. The third-order valence-electron chi connectivity index (χ3n) is 1.32. The lowest BCUT2D eigenvalue weighted by molar-refractivity contribution is 0.954. The van der Waals surface area contributed by atoms with E-state index >= 15 is 0 Å². The van der Waals surface area contributed by atoms with Gasteiger partial charge in [0.1, 0.15) is 0 Å². The maximum Gasteiger partial charge on any atom is 0.0626 e. The molecule has 1 radical (unpaired) electrons. The maximum absolute atomic E-state index is 4.10. The lowest BCUT2D eigenvalue weighted by atomic mass is 10.3. The van der Waals surface area contributed by atoms with E-state index in [9.17, 15) is 0 Å². The molecule has 1 nitrogen and oxygen atoms in total. The number of nitrogens with zero attached hydrogens (tertiary/aromatic N) is 1. The van der Waals surface area contributed by atoms with Crippen LogP contribution in [-0.2, 0) is 0 Å². The van der Waals surface area contributed by atoms with E-state index in [4.69, 9.17) is 0 Å². The van der Waals surface area contributed by atoms with E-state index in [0.717, 1.165) is 12.1 Å². The predicted octanol–water partition coefficient (Wildman–Crippen LogP) is 2.36. The van der Waals surface area contributed by atoms with E-state index in [-0.39, 0.29) is 0 Å². The van der Waals surface area contributed by atoms with Gasteiger partial charge in [-0.3, -0.25) is 5.32 Å². The Labute approximate surface area is 62.1 Å². The monoisotopic (exact) mass is 134 g/mol. The van der Waals surface area contributed by atoms with E-state index in [1.807, 2.05) is 18.4 Å². The SMILES string of the molecule is CCC/C=C/C1=CC=C[N]1. The molecular formula is C9H12N. The molecule has 0 aromatic heterocycles. The minimum absolute atomic E-state index is 1.06. The first-order valence-corrected chi connectivity index (χ1v) is 3.67. The van der Waals surface area contributed by atoms with Crippen molar-refractivity contribution in [2.24, 2.45) is 0 Å². The summed E-state index contributed by atoms with van der Waals surface area (Å²) in [5.74, 6) is 0. The van der Waals surface area contributed by atoms with Crippen LogP contribution in [0.1, 0.15) is 19.8 Å². The molecule has 1 aliphatic heterocycles. The number of hydrogen-bond donors (Lipinski definition) is 0. The van der Waals surface area contributed by atoms with Crippen molar-refractivity contribution >= 4 is 0 Å². The molecule has 0 bridgehead atoms. The second kappa shape index (κ2) is 3.94. The van der Waals surface area contributed by atoms with Gasteiger partial charge in [0.25, 0.3) is 0 Å². The Bertz CT molecular complexity index is 175. The topological polar surface area (TPSA) is 14.1 Å². The van der Waals surface area contributed by atoms with Crippen LogP contribution in [0.4, 0.5) is 0 Å². The Morgan fingerprint density at radius 2 is 2.50 bits per heavy atom. The fourth-order valence-corrected chi connectivity index (χ4v) is 0.783. The summed E-state index contributed by atoms with van der Waals surface area (Å²) >= 11 is 0. The highest BCUT2D eigenvalue weighted by molar-refractivity contribution is 5.28. The number of unbranched alkanes of at least 4 members (excludes halogenated alkanes) is 1. The highest BCUT2D eigenvalue weighted by Gasteiger charge is 1.91. The van der Waals surface area contributed by atoms with Crippen LogP contribution in [0.3, 0.4) is 0 Å². The molecule has 0 aliphatic carbocycles. The highest BCUT2D eigenvalue weighted by atomic mass is 14.9. The van der Waals surface area contributed by atoms with E-state index in [1.165, 1.54) is 6.42 Å². The van der Waals surface area contributed by atoms with Gasteiger partial charge in [-0.25, -0.2) is 0 Å². The molecule has 1 rings (SSSR count). The van der Waals surface area contributed by atoms with Gasteiger partial charge in [-0.15, -0.1) is 0 Å². The second-order valence-corrected chi connectivity index (χ2v) is 2.25. The molecule has 0 amide bonds. The normalized spacial score (nSPS) is 15.9. The second-order valence-electron chi connectivity index (χ2n) is 2.25. The summed E-state index contributed by atoms with van der Waals surface area (Å²) in [6, 6.07) is 0. The lowest BCUT2D eigenvalue weighted by Gasteiger charge is -1.89. The lowest BCUT2D eigenvalue weighted by Crippen LogP contribution is -1.85. The molecule has 10 heavy (non-hydrogen) atoms. The first kappa shape index (κ1) is 7.13. The van der Waals surface area contributed by atoms with Gasteiger partial charge in [0, 0.05) is 6.20 Å². The third kappa shape index (κ3) is 2.09. The summed E-state index contributed by atoms with van der Waals surface area (Å²) in [7, 11) is 0. The molecule has 0 fully saturated rings. The summed E-state index contributed by atoms with van der Waals surface area (Å²) in [4.78, 5) is 0. The molecule has 0 aromatic carbocycles. The van der Waals surface area contributed by atoms with Crippen LogP contribution in [0.25, 0.3) is 0 Å². The van der Waals surface area contributed by atoms with Crippen molar-refractivity contribution in [3.63, 3.8) is 0 Å². The van der Waals surface area contributed by atoms with Crippen molar-refractivity contribution in [1.29, 1.82) is 0 Å². The van der Waals surface area contributed by atoms with Crippen LogP contribution in [0.15, 0.2) is 36.2 Å². The van der Waals surface area contributed by atoms with Gasteiger partial charge in [0.2, 0.25) is 0 Å². The highest BCUT2D eigenvalue weighted by Crippen LogP contribution is 2.02. The molecule has 1 heterocycles. The van der Waals surface area contributed by atoms with Crippen molar-refractivity contribution in [3.05, 3.63) is 36.2 Å². The predicted molar refractivity (Wildman–Crippen MR) is 43.4 cm³/mol. The van der Waals surface area contributed by atoms with E-state index in [0.29, 0.717) is 0 Å². The van der Waals surface area contributed by atoms with Crippen molar-refractivity contribution in [3.8, 4) is 0 Å². The van der Waals surface area contributed by atoms with Gasteiger partial charge >= 0.3 is 0 Å². The van der Waals surface area contributed by atoms with E-state index in [1.54, 1.807) is 0 Å². The zero-order chi connectivity index (χ0) is 7.23. The summed E-state index contributed by atoms with van der Waals surface area (Å²) < 4.78 is 0. The van der Waals surface area contributed by atoms with Gasteiger partial charge < -0.3 is 0 Å². The van der Waals surface area contributed by atoms with Crippen LogP contribution < -0.4 is 5.32 Å². The number of hydrogen-bond acceptors (Lipinski definition) is 0. The fourth-order valence-electron chi connectivity index (χ4n) is 0.783. The Morgan fingerprint density at radius 3 is 3.10 bits per heavy atom. The standard InChI is InChI=1S/C9H12N/c1-2-3-4-6-9-7-5-8-10-9/h4-8H,2-3H2,1H3/b6-4+. The van der Waals surface area contributed by atoms with Gasteiger partial charge in [-0.05, 0) is 24.6 Å². The largest absolute Gasteiger partial charge is 0.257 e. The first-order valence-electron chi connectivity index (χ1n) is 3.67. The molecule has 1 aliphatic rings. The van der Waals surface area contributed by atoms with Gasteiger partial charge in [-0.1, -0.05) is 19.4 Å². The summed E-state index contributed by atoms with van der Waals surface area (Å²) in [6.07, 6.45) is 12.3. The minimum atomic E-state index is 1.06. The average molecular weight is 134 g/mol. The zero-order valence-corrected chi connectivity index (χ0v) is 6.25. The summed E-state index contributed by atoms with van der Waals surface area (Å²) in [5.41, 5.74) is 1.06. The number of rotatable bonds is 3. The maximum atomic E-state index is 4.10. The molecule has 53 valence electrons. The van der Waals surface area contributed by atoms with Crippen LogP contribution >= 0.6 is 0 Å². The Balaban J connectivity index is 2.25. The average Bonchev–Trinajstić information content (AvgIpc) is 2.41. The summed E-state index contributed by atoms with van der Waals surface area (Å²) in [6.45, 7) is 2.17. The van der Waals surface area contributed by atoms with Gasteiger partial charge in [0.15, 0.2) is 0 Å². The quantitative estimate of drug-likeness (QED) is 0.562. The molecule has 0 saturated heterocycles. The van der Waals surface area contributed by atoms with Crippen LogP contribution in [0.5, 0.6) is 0 Å². The van der Waals surface area contributed by atoms with Crippen molar-refractivity contribution in [1.82, 2.24) is 5.32 Å². The van der Waals surface area contributed by atoms with Crippen LogP contribution in [0, 0.1) is 0 Å². The van der Waals surface area contributed by atoms with E-state index in [2.05, 4.69) is 24.4 Å². The van der Waals surface area contributed by atoms with E-state index < -0.39 is 0 Å².